The van der Waals surface area contributed by atoms with Crippen LogP contribution in [0.4, 0.5) is 4.79 Å². The van der Waals surface area contributed by atoms with Crippen LogP contribution in [0, 0.1) is 5.41 Å². The van der Waals surface area contributed by atoms with Gasteiger partial charge in [0.15, 0.2) is 0 Å². The molecule has 2 aromatic rings. The van der Waals surface area contributed by atoms with Crippen LogP contribution in [-0.4, -0.2) is 55.0 Å². The first-order valence-electron chi connectivity index (χ1n) is 9.41. The van der Waals surface area contributed by atoms with E-state index in [-0.39, 0.29) is 25.7 Å². The zero-order valence-corrected chi connectivity index (χ0v) is 15.8. The van der Waals surface area contributed by atoms with Crippen LogP contribution < -0.4 is 0 Å². The van der Waals surface area contributed by atoms with E-state index < -0.39 is 17.5 Å². The van der Waals surface area contributed by atoms with Crippen LogP contribution in [0.2, 0.25) is 0 Å². The van der Waals surface area contributed by atoms with Gasteiger partial charge in [-0.15, -0.1) is 0 Å². The smallest absolute Gasteiger partial charge is 0.409 e. The molecule has 0 bridgehead atoms. The molecule has 0 radical (unpaired) electrons. The molecule has 2 aromatic carbocycles. The maximum absolute atomic E-state index is 12.7. The third-order valence-corrected chi connectivity index (χ3v) is 5.58. The van der Waals surface area contributed by atoms with Crippen molar-refractivity contribution >= 4 is 12.1 Å². The maximum Gasteiger partial charge on any atom is 0.409 e. The number of hydrogen-bond acceptors (Lipinski definition) is 4. The molecule has 2 aliphatic rings. The lowest BCUT2D eigenvalue weighted by atomic mass is 9.91. The molecule has 1 aliphatic carbocycles. The monoisotopic (exact) mass is 381 g/mol. The number of aliphatic carboxylic acids is 1. The van der Waals surface area contributed by atoms with Crippen LogP contribution >= 0.6 is 0 Å². The second kappa shape index (κ2) is 7.28. The number of fused-ring (bicyclic) bond motifs is 3. The Morgan fingerprint density at radius 1 is 1.14 bits per heavy atom. The molecule has 0 unspecified atom stereocenters. The standard InChI is InChI=1S/C22H23NO5/c1-22(20(24)25)13-23(10-11-27-14-22)21(26)28-12-19-17-8-4-2-6-15(17)16-7-3-5-9-18(16)19/h2-9,19H,10-14H2,1H3,(H,24,25)/t22-/m0/s1. The molecule has 1 aliphatic heterocycles. The zero-order chi connectivity index (χ0) is 19.7. The van der Waals surface area contributed by atoms with Gasteiger partial charge in [0.1, 0.15) is 12.0 Å². The Labute approximate surface area is 163 Å². The van der Waals surface area contributed by atoms with Crippen molar-refractivity contribution in [1.29, 1.82) is 0 Å². The summed E-state index contributed by atoms with van der Waals surface area (Å²) in [6, 6.07) is 16.3. The first-order chi connectivity index (χ1) is 13.5. The van der Waals surface area contributed by atoms with Gasteiger partial charge in [0.2, 0.25) is 0 Å². The highest BCUT2D eigenvalue weighted by atomic mass is 16.6. The molecule has 0 spiro atoms. The molecule has 1 heterocycles. The van der Waals surface area contributed by atoms with Gasteiger partial charge in [-0.3, -0.25) is 4.79 Å². The second-order valence-corrected chi connectivity index (χ2v) is 7.64. The van der Waals surface area contributed by atoms with Crippen molar-refractivity contribution in [3.05, 3.63) is 59.7 Å². The molecule has 1 saturated heterocycles. The van der Waals surface area contributed by atoms with Crippen molar-refractivity contribution in [2.75, 3.05) is 32.9 Å². The molecule has 146 valence electrons. The lowest BCUT2D eigenvalue weighted by molar-refractivity contribution is -0.151. The molecule has 4 rings (SSSR count). The molecule has 0 aromatic heterocycles. The summed E-state index contributed by atoms with van der Waals surface area (Å²) in [5.41, 5.74) is 3.49. The van der Waals surface area contributed by atoms with Crippen LogP contribution in [0.5, 0.6) is 0 Å². The van der Waals surface area contributed by atoms with Gasteiger partial charge in [0.25, 0.3) is 0 Å². The molecule has 6 nitrogen and oxygen atoms in total. The second-order valence-electron chi connectivity index (χ2n) is 7.64. The Bertz CT molecular complexity index is 866. The minimum absolute atomic E-state index is 0.0227. The number of hydrogen-bond donors (Lipinski definition) is 1. The van der Waals surface area contributed by atoms with Crippen molar-refractivity contribution in [3.63, 3.8) is 0 Å². The maximum atomic E-state index is 12.7. The number of carbonyl (C=O) groups is 2. The van der Waals surface area contributed by atoms with Crippen LogP contribution in [0.1, 0.15) is 24.0 Å². The van der Waals surface area contributed by atoms with Crippen molar-refractivity contribution in [2.24, 2.45) is 5.41 Å². The van der Waals surface area contributed by atoms with E-state index in [0.29, 0.717) is 13.2 Å². The fraction of sp³-hybridized carbons (Fsp3) is 0.364. The third-order valence-electron chi connectivity index (χ3n) is 5.58. The zero-order valence-electron chi connectivity index (χ0n) is 15.8. The van der Waals surface area contributed by atoms with E-state index in [9.17, 15) is 14.7 Å². The highest BCUT2D eigenvalue weighted by molar-refractivity contribution is 5.79. The van der Waals surface area contributed by atoms with Gasteiger partial charge in [0.05, 0.1) is 13.2 Å². The molecule has 1 amide bonds. The average Bonchev–Trinajstić information content (AvgIpc) is 2.86. The molecule has 28 heavy (non-hydrogen) atoms. The van der Waals surface area contributed by atoms with Gasteiger partial charge >= 0.3 is 12.1 Å². The lowest BCUT2D eigenvalue weighted by Crippen LogP contribution is -2.44. The molecule has 1 fully saturated rings. The number of rotatable bonds is 3. The van der Waals surface area contributed by atoms with Gasteiger partial charge in [-0.2, -0.15) is 0 Å². The summed E-state index contributed by atoms with van der Waals surface area (Å²) < 4.78 is 11.0. The molecule has 1 atom stereocenters. The SMILES string of the molecule is C[C@@]1(C(=O)O)COCCN(C(=O)OCC2c3ccccc3-c3ccccc32)C1. The fourth-order valence-electron chi connectivity index (χ4n) is 3.99. The van der Waals surface area contributed by atoms with Gasteiger partial charge in [-0.05, 0) is 29.2 Å². The van der Waals surface area contributed by atoms with Gasteiger partial charge in [-0.1, -0.05) is 48.5 Å². The predicted molar refractivity (Wildman–Crippen MR) is 103 cm³/mol. The van der Waals surface area contributed by atoms with E-state index in [0.717, 1.165) is 11.1 Å². The van der Waals surface area contributed by atoms with E-state index >= 15 is 0 Å². The normalized spacial score (nSPS) is 21.5. The number of ether oxygens (including phenoxy) is 2. The highest BCUT2D eigenvalue weighted by Crippen LogP contribution is 2.44. The van der Waals surface area contributed by atoms with Crippen molar-refractivity contribution in [1.82, 2.24) is 4.90 Å². The quantitative estimate of drug-likeness (QED) is 0.882. The highest BCUT2D eigenvalue weighted by Gasteiger charge is 2.39. The van der Waals surface area contributed by atoms with E-state index in [1.807, 2.05) is 24.3 Å². The summed E-state index contributed by atoms with van der Waals surface area (Å²) in [6.07, 6.45) is -0.500. The molecular formula is C22H23NO5. The molecule has 0 saturated carbocycles. The predicted octanol–water partition coefficient (Wildman–Crippen LogP) is 3.36. The topological polar surface area (TPSA) is 76.1 Å². The summed E-state index contributed by atoms with van der Waals surface area (Å²) in [7, 11) is 0. The minimum atomic E-state index is -1.14. The number of carboxylic acids is 1. The van der Waals surface area contributed by atoms with Crippen molar-refractivity contribution in [2.45, 2.75) is 12.8 Å². The van der Waals surface area contributed by atoms with Gasteiger partial charge < -0.3 is 19.5 Å². The Hall–Kier alpha value is -2.86. The first-order valence-corrected chi connectivity index (χ1v) is 9.41. The number of benzene rings is 2. The van der Waals surface area contributed by atoms with Crippen molar-refractivity contribution < 1.29 is 24.2 Å². The minimum Gasteiger partial charge on any atom is -0.481 e. The fourth-order valence-corrected chi connectivity index (χ4v) is 3.99. The first kappa shape index (κ1) is 18.5. The Morgan fingerprint density at radius 2 is 1.75 bits per heavy atom. The Kier molecular flexibility index (Phi) is 4.81. The average molecular weight is 381 g/mol. The molecule has 1 N–H and O–H groups in total. The Balaban J connectivity index is 1.50. The lowest BCUT2D eigenvalue weighted by Gasteiger charge is -2.28. The number of carbonyl (C=O) groups excluding carboxylic acids is 1. The summed E-state index contributed by atoms with van der Waals surface area (Å²) in [4.78, 5) is 25.7. The number of nitrogens with zero attached hydrogens (tertiary/aromatic N) is 1. The third kappa shape index (κ3) is 3.24. The van der Waals surface area contributed by atoms with E-state index in [2.05, 4.69) is 24.3 Å². The summed E-state index contributed by atoms with van der Waals surface area (Å²) in [5.74, 6) is -1.00. The number of carboxylic acid groups (broad SMARTS) is 1. The van der Waals surface area contributed by atoms with Crippen LogP contribution in [0.25, 0.3) is 11.1 Å². The van der Waals surface area contributed by atoms with E-state index in [1.54, 1.807) is 6.92 Å². The van der Waals surface area contributed by atoms with E-state index in [1.165, 1.54) is 16.0 Å². The van der Waals surface area contributed by atoms with Crippen molar-refractivity contribution in [3.8, 4) is 11.1 Å². The summed E-state index contributed by atoms with van der Waals surface area (Å²) >= 11 is 0. The van der Waals surface area contributed by atoms with Crippen LogP contribution in [0.3, 0.4) is 0 Å². The van der Waals surface area contributed by atoms with Crippen LogP contribution in [0.15, 0.2) is 48.5 Å². The largest absolute Gasteiger partial charge is 0.481 e. The Morgan fingerprint density at radius 3 is 2.36 bits per heavy atom. The molecule has 6 heteroatoms. The van der Waals surface area contributed by atoms with E-state index in [4.69, 9.17) is 9.47 Å². The van der Waals surface area contributed by atoms with Gasteiger partial charge in [0, 0.05) is 19.0 Å². The summed E-state index contributed by atoms with van der Waals surface area (Å²) in [5, 5.41) is 9.48. The summed E-state index contributed by atoms with van der Waals surface area (Å²) in [6.45, 7) is 2.57. The number of amides is 1. The molecular weight excluding hydrogens is 358 g/mol. The van der Waals surface area contributed by atoms with Gasteiger partial charge in [-0.25, -0.2) is 4.79 Å². The van der Waals surface area contributed by atoms with Crippen LogP contribution in [-0.2, 0) is 14.3 Å².